The average Bonchev–Trinajstić information content (AvgIpc) is 2.29. The Bertz CT molecular complexity index is 391. The van der Waals surface area contributed by atoms with Gasteiger partial charge >= 0.3 is 0 Å². The van der Waals surface area contributed by atoms with Crippen molar-refractivity contribution in [1.29, 1.82) is 5.26 Å². The van der Waals surface area contributed by atoms with Gasteiger partial charge in [0.25, 0.3) is 0 Å². The van der Waals surface area contributed by atoms with Gasteiger partial charge in [0, 0.05) is 0 Å². The topological polar surface area (TPSA) is 62.2 Å². The molecule has 3 heteroatoms. The van der Waals surface area contributed by atoms with E-state index in [4.69, 9.17) is 11.0 Å². The first-order valence-electron chi connectivity index (χ1n) is 5.07. The fourth-order valence-electron chi connectivity index (χ4n) is 1.50. The van der Waals surface area contributed by atoms with E-state index in [2.05, 4.69) is 18.8 Å². The van der Waals surface area contributed by atoms with E-state index in [1.54, 1.807) is 0 Å². The largest absolute Gasteiger partial charge is 0.375 e. The molecule has 0 aliphatic heterocycles. The molecule has 0 aromatic heterocycles. The Morgan fingerprint density at radius 3 is 2.27 bits per heavy atom. The fourth-order valence-corrected chi connectivity index (χ4v) is 1.50. The van der Waals surface area contributed by atoms with E-state index in [1.807, 2.05) is 24.3 Å². The standard InChI is InChI=1S/C12H15N3/c1-3-9-6-5-7-10(4-2)12(9)15-11(14)8-13/h5-7H,3-4H2,1-2H3,(H2,14,15). The second-order valence-electron chi connectivity index (χ2n) is 3.24. The maximum Gasteiger partial charge on any atom is 0.203 e. The van der Waals surface area contributed by atoms with Crippen LogP contribution in [-0.2, 0) is 12.8 Å². The number of rotatable bonds is 3. The lowest BCUT2D eigenvalue weighted by molar-refractivity contribution is 1.08. The monoisotopic (exact) mass is 201 g/mol. The quantitative estimate of drug-likeness (QED) is 0.602. The van der Waals surface area contributed by atoms with Gasteiger partial charge < -0.3 is 5.73 Å². The van der Waals surface area contributed by atoms with Gasteiger partial charge in [-0.3, -0.25) is 0 Å². The van der Waals surface area contributed by atoms with Gasteiger partial charge in [-0.1, -0.05) is 32.0 Å². The summed E-state index contributed by atoms with van der Waals surface area (Å²) in [5, 5.41) is 8.62. The number of nitrogens with two attached hydrogens (primary N) is 1. The summed E-state index contributed by atoms with van der Waals surface area (Å²) < 4.78 is 0. The van der Waals surface area contributed by atoms with Crippen LogP contribution in [0.1, 0.15) is 25.0 Å². The minimum absolute atomic E-state index is 0.0191. The molecule has 0 bridgehead atoms. The Morgan fingerprint density at radius 1 is 1.33 bits per heavy atom. The van der Waals surface area contributed by atoms with Crippen molar-refractivity contribution >= 4 is 11.5 Å². The SMILES string of the molecule is CCc1cccc(CC)c1N=C(N)C#N. The number of amidine groups is 1. The van der Waals surface area contributed by atoms with Crippen LogP contribution in [0.15, 0.2) is 23.2 Å². The molecule has 3 nitrogen and oxygen atoms in total. The number of nitriles is 1. The molecule has 1 rings (SSSR count). The smallest absolute Gasteiger partial charge is 0.203 e. The van der Waals surface area contributed by atoms with Crippen molar-refractivity contribution in [2.75, 3.05) is 0 Å². The maximum atomic E-state index is 8.62. The first kappa shape index (κ1) is 11.3. The Morgan fingerprint density at radius 2 is 1.87 bits per heavy atom. The van der Waals surface area contributed by atoms with Crippen LogP contribution in [0, 0.1) is 11.3 Å². The lowest BCUT2D eigenvalue weighted by Crippen LogP contribution is -2.07. The molecule has 0 amide bonds. The normalized spacial score (nSPS) is 11.1. The van der Waals surface area contributed by atoms with E-state index in [0.29, 0.717) is 0 Å². The van der Waals surface area contributed by atoms with E-state index in [-0.39, 0.29) is 5.84 Å². The van der Waals surface area contributed by atoms with Gasteiger partial charge in [0.05, 0.1) is 5.69 Å². The molecule has 15 heavy (non-hydrogen) atoms. The lowest BCUT2D eigenvalue weighted by atomic mass is 10.0. The van der Waals surface area contributed by atoms with Crippen molar-refractivity contribution < 1.29 is 0 Å². The number of para-hydroxylation sites is 1. The van der Waals surface area contributed by atoms with Crippen molar-refractivity contribution in [3.63, 3.8) is 0 Å². The minimum Gasteiger partial charge on any atom is -0.375 e. The van der Waals surface area contributed by atoms with Crippen molar-refractivity contribution in [3.8, 4) is 6.07 Å². The highest BCUT2D eigenvalue weighted by Crippen LogP contribution is 2.25. The zero-order chi connectivity index (χ0) is 11.3. The molecule has 0 aliphatic carbocycles. The van der Waals surface area contributed by atoms with E-state index in [1.165, 1.54) is 0 Å². The third kappa shape index (κ3) is 2.57. The Hall–Kier alpha value is -1.82. The summed E-state index contributed by atoms with van der Waals surface area (Å²) in [6, 6.07) is 7.89. The van der Waals surface area contributed by atoms with Crippen LogP contribution < -0.4 is 5.73 Å². The predicted molar refractivity (Wildman–Crippen MR) is 62.1 cm³/mol. The number of benzene rings is 1. The first-order valence-corrected chi connectivity index (χ1v) is 5.07. The molecular formula is C12H15N3. The summed E-state index contributed by atoms with van der Waals surface area (Å²) >= 11 is 0. The lowest BCUT2D eigenvalue weighted by Gasteiger charge is -2.07. The number of hydrogen-bond donors (Lipinski definition) is 1. The third-order valence-electron chi connectivity index (χ3n) is 2.31. The van der Waals surface area contributed by atoms with E-state index in [0.717, 1.165) is 29.7 Å². The van der Waals surface area contributed by atoms with Gasteiger partial charge in [0.2, 0.25) is 5.84 Å². The molecule has 1 aromatic carbocycles. The highest BCUT2D eigenvalue weighted by molar-refractivity contribution is 5.97. The van der Waals surface area contributed by atoms with E-state index in [9.17, 15) is 0 Å². The Labute approximate surface area is 90.2 Å². The molecule has 1 aromatic rings. The summed E-state index contributed by atoms with van der Waals surface area (Å²) in [5.74, 6) is 0.0191. The van der Waals surface area contributed by atoms with Crippen LogP contribution in [0.2, 0.25) is 0 Å². The zero-order valence-corrected chi connectivity index (χ0v) is 9.12. The van der Waals surface area contributed by atoms with Gasteiger partial charge in [0.15, 0.2) is 0 Å². The van der Waals surface area contributed by atoms with Crippen molar-refractivity contribution in [3.05, 3.63) is 29.3 Å². The van der Waals surface area contributed by atoms with E-state index >= 15 is 0 Å². The maximum absolute atomic E-state index is 8.62. The molecule has 0 saturated carbocycles. The van der Waals surface area contributed by atoms with Crippen LogP contribution in [0.5, 0.6) is 0 Å². The molecule has 0 radical (unpaired) electrons. The third-order valence-corrected chi connectivity index (χ3v) is 2.31. The van der Waals surface area contributed by atoms with Crippen LogP contribution in [0.3, 0.4) is 0 Å². The molecule has 0 saturated heterocycles. The molecule has 0 heterocycles. The van der Waals surface area contributed by atoms with Gasteiger partial charge in [-0.05, 0) is 24.0 Å². The van der Waals surface area contributed by atoms with Crippen molar-refractivity contribution in [1.82, 2.24) is 0 Å². The average molecular weight is 201 g/mol. The van der Waals surface area contributed by atoms with Crippen molar-refractivity contribution in [2.24, 2.45) is 10.7 Å². The Kier molecular flexibility index (Phi) is 3.87. The first-order chi connectivity index (χ1) is 7.22. The molecule has 0 aliphatic rings. The highest BCUT2D eigenvalue weighted by atomic mass is 14.9. The van der Waals surface area contributed by atoms with Gasteiger partial charge in [-0.25, -0.2) is 4.99 Å². The number of nitrogens with zero attached hydrogens (tertiary/aromatic N) is 2. The fraction of sp³-hybridized carbons (Fsp3) is 0.333. The summed E-state index contributed by atoms with van der Waals surface area (Å²) in [4.78, 5) is 4.15. The van der Waals surface area contributed by atoms with Crippen molar-refractivity contribution in [2.45, 2.75) is 26.7 Å². The van der Waals surface area contributed by atoms with Gasteiger partial charge in [-0.15, -0.1) is 0 Å². The molecule has 0 unspecified atom stereocenters. The molecule has 0 atom stereocenters. The van der Waals surface area contributed by atoms with Crippen LogP contribution in [0.4, 0.5) is 5.69 Å². The molecule has 78 valence electrons. The van der Waals surface area contributed by atoms with Crippen LogP contribution >= 0.6 is 0 Å². The second kappa shape index (κ2) is 5.16. The van der Waals surface area contributed by atoms with Crippen LogP contribution in [-0.4, -0.2) is 5.84 Å². The Balaban J connectivity index is 3.30. The minimum atomic E-state index is 0.0191. The van der Waals surface area contributed by atoms with E-state index < -0.39 is 0 Å². The molecule has 0 fully saturated rings. The summed E-state index contributed by atoms with van der Waals surface area (Å²) in [5.41, 5.74) is 8.57. The number of aryl methyl sites for hydroxylation is 2. The highest BCUT2D eigenvalue weighted by Gasteiger charge is 2.05. The summed E-state index contributed by atoms with van der Waals surface area (Å²) in [6.45, 7) is 4.13. The predicted octanol–water partition coefficient (Wildman–Crippen LogP) is 2.32. The summed E-state index contributed by atoms with van der Waals surface area (Å²) in [6.07, 6.45) is 1.79. The number of hydrogen-bond acceptors (Lipinski definition) is 2. The van der Waals surface area contributed by atoms with Gasteiger partial charge in [-0.2, -0.15) is 5.26 Å². The molecule has 0 spiro atoms. The zero-order valence-electron chi connectivity index (χ0n) is 9.12. The van der Waals surface area contributed by atoms with Gasteiger partial charge in [0.1, 0.15) is 6.07 Å². The number of aliphatic imine (C=N–C) groups is 1. The second-order valence-corrected chi connectivity index (χ2v) is 3.24. The molecule has 2 N–H and O–H groups in total. The van der Waals surface area contributed by atoms with Crippen LogP contribution in [0.25, 0.3) is 0 Å². The summed E-state index contributed by atoms with van der Waals surface area (Å²) in [7, 11) is 0. The molecular weight excluding hydrogens is 186 g/mol.